The number of anilines is 1. The SMILES string of the molecule is O=C(CC1CCCC1)Nc1cc(C(=O)O)cc(C(=O)O)c1. The van der Waals surface area contributed by atoms with Crippen LogP contribution in [0.15, 0.2) is 18.2 Å². The lowest BCUT2D eigenvalue weighted by atomic mass is 10.0. The summed E-state index contributed by atoms with van der Waals surface area (Å²) in [6, 6.07) is 3.60. The summed E-state index contributed by atoms with van der Waals surface area (Å²) in [5, 5.41) is 20.5. The van der Waals surface area contributed by atoms with Crippen LogP contribution >= 0.6 is 0 Å². The summed E-state index contributed by atoms with van der Waals surface area (Å²) >= 11 is 0. The summed E-state index contributed by atoms with van der Waals surface area (Å²) in [6.07, 6.45) is 4.72. The van der Waals surface area contributed by atoms with Gasteiger partial charge in [0.05, 0.1) is 11.1 Å². The van der Waals surface area contributed by atoms with Crippen LogP contribution in [0.1, 0.15) is 52.8 Å². The van der Waals surface area contributed by atoms with Gasteiger partial charge in [-0.1, -0.05) is 12.8 Å². The van der Waals surface area contributed by atoms with Crippen LogP contribution in [0, 0.1) is 5.92 Å². The van der Waals surface area contributed by atoms with Crippen LogP contribution in [0.4, 0.5) is 5.69 Å². The summed E-state index contributed by atoms with van der Waals surface area (Å²) in [5.41, 5.74) is -0.118. The highest BCUT2D eigenvalue weighted by atomic mass is 16.4. The van der Waals surface area contributed by atoms with E-state index in [1.54, 1.807) is 0 Å². The number of carboxylic acid groups (broad SMARTS) is 2. The van der Waals surface area contributed by atoms with Crippen LogP contribution < -0.4 is 5.32 Å². The molecule has 21 heavy (non-hydrogen) atoms. The quantitative estimate of drug-likeness (QED) is 0.773. The minimum absolute atomic E-state index is 0.161. The average Bonchev–Trinajstić information content (AvgIpc) is 2.90. The first-order valence-electron chi connectivity index (χ1n) is 6.87. The van der Waals surface area contributed by atoms with Crippen molar-refractivity contribution in [2.75, 3.05) is 5.32 Å². The predicted molar refractivity (Wildman–Crippen MR) is 75.6 cm³/mol. The zero-order valence-corrected chi connectivity index (χ0v) is 11.5. The molecule has 0 radical (unpaired) electrons. The van der Waals surface area contributed by atoms with Crippen LogP contribution in [0.5, 0.6) is 0 Å². The second-order valence-corrected chi connectivity index (χ2v) is 5.31. The number of hydrogen-bond donors (Lipinski definition) is 3. The van der Waals surface area contributed by atoms with E-state index in [1.165, 1.54) is 12.1 Å². The Kier molecular flexibility index (Phi) is 4.57. The number of benzene rings is 1. The summed E-state index contributed by atoms with van der Waals surface area (Å²) in [5.74, 6) is -2.30. The molecule has 112 valence electrons. The highest BCUT2D eigenvalue weighted by Crippen LogP contribution is 2.28. The van der Waals surface area contributed by atoms with Crippen molar-refractivity contribution in [2.24, 2.45) is 5.92 Å². The molecule has 0 unspecified atom stereocenters. The summed E-state index contributed by atoms with van der Waals surface area (Å²) in [7, 11) is 0. The number of carbonyl (C=O) groups is 3. The molecule has 0 aromatic heterocycles. The van der Waals surface area contributed by atoms with Gasteiger partial charge in [0.2, 0.25) is 5.91 Å². The average molecular weight is 291 g/mol. The van der Waals surface area contributed by atoms with Gasteiger partial charge in [0.1, 0.15) is 0 Å². The second-order valence-electron chi connectivity index (χ2n) is 5.31. The number of amides is 1. The molecule has 1 aliphatic rings. The van der Waals surface area contributed by atoms with Gasteiger partial charge in [-0.25, -0.2) is 9.59 Å². The zero-order valence-electron chi connectivity index (χ0n) is 11.5. The zero-order chi connectivity index (χ0) is 15.4. The van der Waals surface area contributed by atoms with Crippen LogP contribution in [0.2, 0.25) is 0 Å². The molecule has 0 bridgehead atoms. The molecule has 1 amide bonds. The summed E-state index contributed by atoms with van der Waals surface area (Å²) in [4.78, 5) is 33.9. The first-order chi connectivity index (χ1) is 9.95. The highest BCUT2D eigenvalue weighted by Gasteiger charge is 2.19. The maximum atomic E-state index is 11.9. The molecule has 1 aromatic carbocycles. The van der Waals surface area contributed by atoms with Gasteiger partial charge in [-0.3, -0.25) is 4.79 Å². The summed E-state index contributed by atoms with van der Waals surface area (Å²) in [6.45, 7) is 0. The third-order valence-corrected chi connectivity index (χ3v) is 3.66. The number of carbonyl (C=O) groups excluding carboxylic acids is 1. The van der Waals surface area contributed by atoms with Gasteiger partial charge < -0.3 is 15.5 Å². The Labute approximate surface area is 121 Å². The highest BCUT2D eigenvalue weighted by molar-refractivity contribution is 5.98. The lowest BCUT2D eigenvalue weighted by Crippen LogP contribution is -2.16. The molecule has 0 aliphatic heterocycles. The van der Waals surface area contributed by atoms with E-state index in [0.717, 1.165) is 31.7 Å². The van der Waals surface area contributed by atoms with Crippen LogP contribution in [0.25, 0.3) is 0 Å². The molecule has 0 spiro atoms. The smallest absolute Gasteiger partial charge is 0.335 e. The topological polar surface area (TPSA) is 104 Å². The standard InChI is InChI=1S/C15H17NO5/c17-13(5-9-3-1-2-4-9)16-12-7-10(14(18)19)6-11(8-12)15(20)21/h6-9H,1-5H2,(H,16,17)(H,18,19)(H,20,21). The normalized spacial score (nSPS) is 14.9. The molecule has 0 saturated heterocycles. The molecule has 3 N–H and O–H groups in total. The first kappa shape index (κ1) is 15.0. The molecule has 6 nitrogen and oxygen atoms in total. The van der Waals surface area contributed by atoms with Crippen molar-refractivity contribution >= 4 is 23.5 Å². The molecule has 6 heteroatoms. The van der Waals surface area contributed by atoms with Gasteiger partial charge in [0.15, 0.2) is 0 Å². The lowest BCUT2D eigenvalue weighted by Gasteiger charge is -2.11. The van der Waals surface area contributed by atoms with Gasteiger partial charge in [-0.15, -0.1) is 0 Å². The maximum absolute atomic E-state index is 11.9. The Hall–Kier alpha value is -2.37. The second kappa shape index (κ2) is 6.39. The Bertz CT molecular complexity index is 543. The van der Waals surface area contributed by atoms with Crippen molar-refractivity contribution in [3.05, 3.63) is 29.3 Å². The van der Waals surface area contributed by atoms with Crippen molar-refractivity contribution in [1.82, 2.24) is 0 Å². The Balaban J connectivity index is 2.12. The van der Waals surface area contributed by atoms with Crippen LogP contribution in [0.3, 0.4) is 0 Å². The van der Waals surface area contributed by atoms with Crippen molar-refractivity contribution in [3.8, 4) is 0 Å². The van der Waals surface area contributed by atoms with E-state index in [9.17, 15) is 14.4 Å². The predicted octanol–water partition coefficient (Wildman–Crippen LogP) is 2.60. The van der Waals surface area contributed by atoms with Crippen LogP contribution in [-0.2, 0) is 4.79 Å². The number of aromatic carboxylic acids is 2. The van der Waals surface area contributed by atoms with E-state index >= 15 is 0 Å². The molecule has 0 heterocycles. The van der Waals surface area contributed by atoms with Gasteiger partial charge in [0, 0.05) is 12.1 Å². The minimum Gasteiger partial charge on any atom is -0.478 e. The van der Waals surface area contributed by atoms with Crippen molar-refractivity contribution in [2.45, 2.75) is 32.1 Å². The minimum atomic E-state index is -1.23. The summed E-state index contributed by atoms with van der Waals surface area (Å²) < 4.78 is 0. The fraction of sp³-hybridized carbons (Fsp3) is 0.400. The van der Waals surface area contributed by atoms with E-state index in [1.807, 2.05) is 0 Å². The van der Waals surface area contributed by atoms with Crippen molar-refractivity contribution in [3.63, 3.8) is 0 Å². The monoisotopic (exact) mass is 291 g/mol. The van der Waals surface area contributed by atoms with Crippen molar-refractivity contribution in [1.29, 1.82) is 0 Å². The van der Waals surface area contributed by atoms with E-state index in [2.05, 4.69) is 5.32 Å². The number of nitrogens with one attached hydrogen (secondary N) is 1. The fourth-order valence-corrected chi connectivity index (χ4v) is 2.64. The number of hydrogen-bond acceptors (Lipinski definition) is 3. The molecule has 1 aromatic rings. The van der Waals surface area contributed by atoms with Gasteiger partial charge in [-0.05, 0) is 37.0 Å². The third-order valence-electron chi connectivity index (χ3n) is 3.66. The fourth-order valence-electron chi connectivity index (χ4n) is 2.64. The van der Waals surface area contributed by atoms with Gasteiger partial charge in [0.25, 0.3) is 0 Å². The Morgan fingerprint density at radius 3 is 2.00 bits per heavy atom. The molecule has 1 saturated carbocycles. The number of rotatable bonds is 5. The molecular weight excluding hydrogens is 274 g/mol. The van der Waals surface area contributed by atoms with E-state index < -0.39 is 11.9 Å². The Morgan fingerprint density at radius 1 is 1.00 bits per heavy atom. The van der Waals surface area contributed by atoms with Crippen LogP contribution in [-0.4, -0.2) is 28.1 Å². The third kappa shape index (κ3) is 4.05. The van der Waals surface area contributed by atoms with Crippen molar-refractivity contribution < 1.29 is 24.6 Å². The largest absolute Gasteiger partial charge is 0.478 e. The van der Waals surface area contributed by atoms with E-state index in [0.29, 0.717) is 12.3 Å². The molecule has 2 rings (SSSR count). The molecule has 1 fully saturated rings. The number of carboxylic acids is 2. The van der Waals surface area contributed by atoms with E-state index in [-0.39, 0.29) is 22.7 Å². The maximum Gasteiger partial charge on any atom is 0.335 e. The lowest BCUT2D eigenvalue weighted by molar-refractivity contribution is -0.117. The molecule has 1 aliphatic carbocycles. The molecule has 0 atom stereocenters. The Morgan fingerprint density at radius 2 is 1.52 bits per heavy atom. The first-order valence-corrected chi connectivity index (χ1v) is 6.87. The van der Waals surface area contributed by atoms with Gasteiger partial charge >= 0.3 is 11.9 Å². The van der Waals surface area contributed by atoms with Gasteiger partial charge in [-0.2, -0.15) is 0 Å². The van der Waals surface area contributed by atoms with E-state index in [4.69, 9.17) is 10.2 Å². The molecular formula is C15H17NO5.